The number of rotatable bonds is 2. The number of ketones is 1. The summed E-state index contributed by atoms with van der Waals surface area (Å²) in [6.45, 7) is 8.94. The van der Waals surface area contributed by atoms with Crippen molar-refractivity contribution in [1.29, 1.82) is 0 Å². The molecule has 1 fully saturated rings. The van der Waals surface area contributed by atoms with Gasteiger partial charge in [-0.2, -0.15) is 0 Å². The fraction of sp³-hybridized carbons (Fsp3) is 0.917. The van der Waals surface area contributed by atoms with Crippen molar-refractivity contribution in [2.24, 2.45) is 5.41 Å². The smallest absolute Gasteiger partial charge is 0.134 e. The van der Waals surface area contributed by atoms with Crippen molar-refractivity contribution in [3.05, 3.63) is 0 Å². The lowest BCUT2D eigenvalue weighted by atomic mass is 9.72. The average molecular weight is 197 g/mol. The van der Waals surface area contributed by atoms with Crippen LogP contribution in [0.4, 0.5) is 0 Å². The van der Waals surface area contributed by atoms with Gasteiger partial charge in [-0.3, -0.25) is 4.79 Å². The lowest BCUT2D eigenvalue weighted by Crippen LogP contribution is -2.49. The molecule has 0 heterocycles. The highest BCUT2D eigenvalue weighted by molar-refractivity contribution is 5.80. The molecule has 1 unspecified atom stereocenters. The van der Waals surface area contributed by atoms with Crippen LogP contribution < -0.4 is 0 Å². The summed E-state index contributed by atoms with van der Waals surface area (Å²) in [5.74, 6) is 0.432. The average Bonchev–Trinajstić information content (AvgIpc) is 2.08. The van der Waals surface area contributed by atoms with Crippen molar-refractivity contribution < 1.29 is 4.79 Å². The van der Waals surface area contributed by atoms with Gasteiger partial charge in [0.25, 0.3) is 0 Å². The molecule has 2 nitrogen and oxygen atoms in total. The summed E-state index contributed by atoms with van der Waals surface area (Å²) in [5.41, 5.74) is 0.285. The zero-order chi connectivity index (χ0) is 10.9. The standard InChI is InChI=1S/C12H23NO/c1-9(2)13(5)11-8-10(14)6-7-12(11,3)4/h9,11H,6-8H2,1-5H3. The van der Waals surface area contributed by atoms with Crippen molar-refractivity contribution in [2.45, 2.75) is 59.0 Å². The van der Waals surface area contributed by atoms with E-state index in [1.54, 1.807) is 0 Å². The number of carbonyl (C=O) groups excluding carboxylic acids is 1. The SMILES string of the molecule is CC(C)N(C)C1CC(=O)CCC1(C)C. The van der Waals surface area contributed by atoms with Gasteiger partial charge in [-0.25, -0.2) is 0 Å². The zero-order valence-corrected chi connectivity index (χ0v) is 10.1. The van der Waals surface area contributed by atoms with Crippen LogP contribution >= 0.6 is 0 Å². The van der Waals surface area contributed by atoms with Crippen LogP contribution in [0, 0.1) is 5.41 Å². The molecule has 0 saturated heterocycles. The van der Waals surface area contributed by atoms with Crippen LogP contribution in [0.3, 0.4) is 0 Å². The topological polar surface area (TPSA) is 20.3 Å². The predicted octanol–water partition coefficient (Wildman–Crippen LogP) is 2.47. The first-order valence-electron chi connectivity index (χ1n) is 5.58. The minimum absolute atomic E-state index is 0.285. The first-order valence-corrected chi connectivity index (χ1v) is 5.58. The van der Waals surface area contributed by atoms with Gasteiger partial charge in [-0.1, -0.05) is 13.8 Å². The lowest BCUT2D eigenvalue weighted by Gasteiger charge is -2.44. The van der Waals surface area contributed by atoms with Gasteiger partial charge in [0.1, 0.15) is 5.78 Å². The highest BCUT2D eigenvalue weighted by atomic mass is 16.1. The number of Topliss-reactive ketones (excluding diaryl/α,β-unsaturated/α-hetero) is 1. The van der Waals surface area contributed by atoms with Gasteiger partial charge in [-0.05, 0) is 32.7 Å². The molecule has 1 atom stereocenters. The third-order valence-corrected chi connectivity index (χ3v) is 3.68. The molecule has 0 bridgehead atoms. The highest BCUT2D eigenvalue weighted by Crippen LogP contribution is 2.37. The van der Waals surface area contributed by atoms with E-state index >= 15 is 0 Å². The number of hydrogen-bond acceptors (Lipinski definition) is 2. The molecule has 1 aliphatic rings. The fourth-order valence-corrected chi connectivity index (χ4v) is 2.28. The van der Waals surface area contributed by atoms with E-state index in [1.807, 2.05) is 0 Å². The maximum absolute atomic E-state index is 11.5. The van der Waals surface area contributed by atoms with Crippen LogP contribution in [0.5, 0.6) is 0 Å². The van der Waals surface area contributed by atoms with Crippen molar-refractivity contribution in [3.8, 4) is 0 Å². The summed E-state index contributed by atoms with van der Waals surface area (Å²) < 4.78 is 0. The molecule has 0 amide bonds. The summed E-state index contributed by atoms with van der Waals surface area (Å²) in [6.07, 6.45) is 2.55. The Balaban J connectivity index is 2.76. The molecular weight excluding hydrogens is 174 g/mol. The quantitative estimate of drug-likeness (QED) is 0.678. The minimum atomic E-state index is 0.285. The summed E-state index contributed by atoms with van der Waals surface area (Å²) in [6, 6.07) is 0.939. The van der Waals surface area contributed by atoms with E-state index in [9.17, 15) is 4.79 Å². The first kappa shape index (κ1) is 11.7. The van der Waals surface area contributed by atoms with Crippen molar-refractivity contribution in [2.75, 3.05) is 7.05 Å². The molecule has 0 aliphatic heterocycles. The summed E-state index contributed by atoms with van der Waals surface area (Å²) in [7, 11) is 2.13. The largest absolute Gasteiger partial charge is 0.300 e. The molecule has 0 aromatic heterocycles. The Hall–Kier alpha value is -0.370. The van der Waals surface area contributed by atoms with Crippen LogP contribution in [-0.2, 0) is 4.79 Å². The molecule has 1 aliphatic carbocycles. The third-order valence-electron chi connectivity index (χ3n) is 3.68. The highest BCUT2D eigenvalue weighted by Gasteiger charge is 2.38. The van der Waals surface area contributed by atoms with Crippen LogP contribution in [0.25, 0.3) is 0 Å². The predicted molar refractivity (Wildman–Crippen MR) is 59.3 cm³/mol. The molecule has 0 aromatic carbocycles. The number of carbonyl (C=O) groups is 1. The Labute approximate surface area is 87.7 Å². The van der Waals surface area contributed by atoms with Crippen LogP contribution in [0.2, 0.25) is 0 Å². The second-order valence-corrected chi connectivity index (χ2v) is 5.51. The zero-order valence-electron chi connectivity index (χ0n) is 10.1. The van der Waals surface area contributed by atoms with Crippen LogP contribution in [0.15, 0.2) is 0 Å². The molecule has 1 saturated carbocycles. The third kappa shape index (κ3) is 2.35. The van der Waals surface area contributed by atoms with Gasteiger partial charge in [0.15, 0.2) is 0 Å². The number of hydrogen-bond donors (Lipinski definition) is 0. The lowest BCUT2D eigenvalue weighted by molar-refractivity contribution is -0.125. The molecule has 1 rings (SSSR count). The minimum Gasteiger partial charge on any atom is -0.300 e. The Bertz CT molecular complexity index is 220. The molecule has 14 heavy (non-hydrogen) atoms. The van der Waals surface area contributed by atoms with Crippen molar-refractivity contribution in [3.63, 3.8) is 0 Å². The molecule has 0 spiro atoms. The van der Waals surface area contributed by atoms with E-state index < -0.39 is 0 Å². The van der Waals surface area contributed by atoms with E-state index in [1.165, 1.54) is 0 Å². The van der Waals surface area contributed by atoms with Crippen LogP contribution in [-0.4, -0.2) is 29.8 Å². The first-order chi connectivity index (χ1) is 6.34. The van der Waals surface area contributed by atoms with Gasteiger partial charge in [0.2, 0.25) is 0 Å². The van der Waals surface area contributed by atoms with Crippen LogP contribution in [0.1, 0.15) is 47.0 Å². The molecule has 2 heteroatoms. The Kier molecular flexibility index (Phi) is 3.36. The van der Waals surface area contributed by atoms with Gasteiger partial charge < -0.3 is 4.90 Å². The summed E-state index contributed by atoms with van der Waals surface area (Å²) in [5, 5.41) is 0. The van der Waals surface area contributed by atoms with Gasteiger partial charge >= 0.3 is 0 Å². The number of nitrogens with zero attached hydrogens (tertiary/aromatic N) is 1. The Morgan fingerprint density at radius 1 is 1.43 bits per heavy atom. The molecular formula is C12H23NO. The molecule has 0 radical (unpaired) electrons. The summed E-state index contributed by atoms with van der Waals surface area (Å²) in [4.78, 5) is 13.8. The van der Waals surface area contributed by atoms with E-state index in [0.717, 1.165) is 19.3 Å². The van der Waals surface area contributed by atoms with E-state index in [-0.39, 0.29) is 5.41 Å². The summed E-state index contributed by atoms with van der Waals surface area (Å²) >= 11 is 0. The fourth-order valence-electron chi connectivity index (χ4n) is 2.28. The van der Waals surface area contributed by atoms with Crippen molar-refractivity contribution in [1.82, 2.24) is 4.90 Å². The molecule has 0 aromatic rings. The second-order valence-electron chi connectivity index (χ2n) is 5.51. The maximum Gasteiger partial charge on any atom is 0.134 e. The second kappa shape index (κ2) is 4.01. The Morgan fingerprint density at radius 2 is 2.00 bits per heavy atom. The monoisotopic (exact) mass is 197 g/mol. The molecule has 82 valence electrons. The Morgan fingerprint density at radius 3 is 2.50 bits per heavy atom. The van der Waals surface area contributed by atoms with E-state index in [2.05, 4.69) is 39.6 Å². The van der Waals surface area contributed by atoms with Gasteiger partial charge in [0, 0.05) is 24.9 Å². The van der Waals surface area contributed by atoms with Gasteiger partial charge in [0.05, 0.1) is 0 Å². The van der Waals surface area contributed by atoms with E-state index in [4.69, 9.17) is 0 Å². The maximum atomic E-state index is 11.5. The van der Waals surface area contributed by atoms with E-state index in [0.29, 0.717) is 17.9 Å². The van der Waals surface area contributed by atoms with Crippen molar-refractivity contribution >= 4 is 5.78 Å². The van der Waals surface area contributed by atoms with Gasteiger partial charge in [-0.15, -0.1) is 0 Å². The normalized spacial score (nSPS) is 27.4. The molecule has 0 N–H and O–H groups in total.